The molecule has 0 bridgehead atoms. The summed E-state index contributed by atoms with van der Waals surface area (Å²) >= 11 is 0. The minimum Gasteiger partial charge on any atom is -0.385 e. The molecule has 0 amide bonds. The summed E-state index contributed by atoms with van der Waals surface area (Å²) < 4.78 is 0. The molecule has 0 radical (unpaired) electrons. The van der Waals surface area contributed by atoms with E-state index in [0.29, 0.717) is 11.8 Å². The smallest absolute Gasteiger partial charge is 0.0902 e. The molecule has 2 unspecified atom stereocenters. The predicted molar refractivity (Wildman–Crippen MR) is 111 cm³/mol. The fraction of sp³-hybridized carbons (Fsp3) is 0.667. The van der Waals surface area contributed by atoms with Crippen LogP contribution in [-0.2, 0) is 0 Å². The van der Waals surface area contributed by atoms with Crippen molar-refractivity contribution >= 4 is 6.08 Å². The lowest BCUT2D eigenvalue weighted by Gasteiger charge is -2.41. The van der Waals surface area contributed by atoms with Crippen LogP contribution < -0.4 is 0 Å². The zero-order valence-electron chi connectivity index (χ0n) is 16.8. The summed E-state index contributed by atoms with van der Waals surface area (Å²) in [5.74, 6) is 1.03. The molecule has 2 fully saturated rings. The van der Waals surface area contributed by atoms with E-state index in [1.54, 1.807) is 0 Å². The average Bonchev–Trinajstić information content (AvgIpc) is 2.77. The largest absolute Gasteiger partial charge is 0.385 e. The molecule has 144 valence electrons. The zero-order chi connectivity index (χ0) is 18.4. The highest BCUT2D eigenvalue weighted by atomic mass is 16.3. The first kappa shape index (κ1) is 19.6. The SMILES string of the molecule is CN(C)CC1CCCC/C(=C/c2ccccc2)C1(O)CC1CCCCC1. The topological polar surface area (TPSA) is 23.5 Å². The van der Waals surface area contributed by atoms with Gasteiger partial charge in [-0.1, -0.05) is 74.9 Å². The van der Waals surface area contributed by atoms with Crippen LogP contribution in [0.3, 0.4) is 0 Å². The molecule has 26 heavy (non-hydrogen) atoms. The highest BCUT2D eigenvalue weighted by molar-refractivity contribution is 5.55. The van der Waals surface area contributed by atoms with Gasteiger partial charge in [0.15, 0.2) is 0 Å². The van der Waals surface area contributed by atoms with Crippen molar-refractivity contribution in [2.24, 2.45) is 11.8 Å². The molecular weight excluding hydrogens is 318 g/mol. The Morgan fingerprint density at radius 1 is 1.00 bits per heavy atom. The third-order valence-electron chi connectivity index (χ3n) is 6.53. The molecule has 2 aliphatic rings. The maximum Gasteiger partial charge on any atom is 0.0902 e. The molecule has 1 N–H and O–H groups in total. The van der Waals surface area contributed by atoms with E-state index in [1.807, 2.05) is 0 Å². The van der Waals surface area contributed by atoms with E-state index in [2.05, 4.69) is 55.4 Å². The average molecular weight is 356 g/mol. The fourth-order valence-electron chi connectivity index (χ4n) is 5.18. The van der Waals surface area contributed by atoms with Crippen LogP contribution >= 0.6 is 0 Å². The molecule has 2 heteroatoms. The molecule has 0 aromatic heterocycles. The van der Waals surface area contributed by atoms with Crippen LogP contribution in [0.2, 0.25) is 0 Å². The van der Waals surface area contributed by atoms with Crippen molar-refractivity contribution in [3.8, 4) is 0 Å². The fourth-order valence-corrected chi connectivity index (χ4v) is 5.18. The van der Waals surface area contributed by atoms with Crippen molar-refractivity contribution < 1.29 is 5.11 Å². The maximum atomic E-state index is 12.1. The number of rotatable bonds is 5. The Kier molecular flexibility index (Phi) is 6.94. The molecule has 2 saturated carbocycles. The lowest BCUT2D eigenvalue weighted by molar-refractivity contribution is -0.0194. The molecule has 2 nitrogen and oxygen atoms in total. The van der Waals surface area contributed by atoms with Gasteiger partial charge < -0.3 is 10.0 Å². The normalized spacial score (nSPS) is 29.8. The maximum absolute atomic E-state index is 12.1. The first-order valence-electron chi connectivity index (χ1n) is 10.7. The number of aliphatic hydroxyl groups is 1. The molecule has 0 saturated heterocycles. The van der Waals surface area contributed by atoms with E-state index >= 15 is 0 Å². The second-order valence-corrected chi connectivity index (χ2v) is 8.92. The Morgan fingerprint density at radius 2 is 1.69 bits per heavy atom. The van der Waals surface area contributed by atoms with E-state index in [1.165, 1.54) is 56.1 Å². The van der Waals surface area contributed by atoms with Gasteiger partial charge in [-0.15, -0.1) is 0 Å². The Balaban J connectivity index is 1.93. The van der Waals surface area contributed by atoms with Crippen LogP contribution in [0.15, 0.2) is 35.9 Å². The highest BCUT2D eigenvalue weighted by Crippen LogP contribution is 2.44. The van der Waals surface area contributed by atoms with Crippen molar-refractivity contribution in [1.29, 1.82) is 0 Å². The van der Waals surface area contributed by atoms with Crippen LogP contribution in [0.25, 0.3) is 6.08 Å². The van der Waals surface area contributed by atoms with Crippen LogP contribution in [-0.4, -0.2) is 36.2 Å². The molecule has 2 aliphatic carbocycles. The monoisotopic (exact) mass is 355 g/mol. The number of hydrogen-bond donors (Lipinski definition) is 1. The van der Waals surface area contributed by atoms with E-state index in [-0.39, 0.29) is 0 Å². The first-order valence-corrected chi connectivity index (χ1v) is 10.7. The molecule has 0 heterocycles. The quantitative estimate of drug-likeness (QED) is 0.703. The molecular formula is C24H37NO. The standard InChI is InChI=1S/C24H37NO/c1-25(2)19-23-16-10-9-15-22(17-20-11-5-3-6-12-20)24(23,26)18-21-13-7-4-8-14-21/h3,5-6,11-12,17,21,23,26H,4,7-10,13-16,18-19H2,1-2H3/b22-17-. The lowest BCUT2D eigenvalue weighted by atomic mass is 9.70. The van der Waals surface area contributed by atoms with Gasteiger partial charge in [-0.2, -0.15) is 0 Å². The number of nitrogens with zero attached hydrogens (tertiary/aromatic N) is 1. The first-order chi connectivity index (χ1) is 12.6. The van der Waals surface area contributed by atoms with Crippen LogP contribution in [0.4, 0.5) is 0 Å². The van der Waals surface area contributed by atoms with Gasteiger partial charge >= 0.3 is 0 Å². The van der Waals surface area contributed by atoms with Crippen LogP contribution in [0.5, 0.6) is 0 Å². The Labute approximate surface area is 160 Å². The van der Waals surface area contributed by atoms with Gasteiger partial charge in [0, 0.05) is 12.5 Å². The second-order valence-electron chi connectivity index (χ2n) is 8.92. The van der Waals surface area contributed by atoms with Crippen molar-refractivity contribution in [3.63, 3.8) is 0 Å². The third kappa shape index (κ3) is 4.98. The van der Waals surface area contributed by atoms with Gasteiger partial charge in [-0.05, 0) is 56.8 Å². The summed E-state index contributed by atoms with van der Waals surface area (Å²) in [6.07, 6.45) is 14.6. The summed E-state index contributed by atoms with van der Waals surface area (Å²) in [5, 5.41) is 12.1. The second kappa shape index (κ2) is 9.19. The van der Waals surface area contributed by atoms with Gasteiger partial charge in [-0.3, -0.25) is 0 Å². The molecule has 0 aliphatic heterocycles. The van der Waals surface area contributed by atoms with E-state index in [4.69, 9.17) is 0 Å². The predicted octanol–water partition coefficient (Wildman–Crippen LogP) is 5.52. The van der Waals surface area contributed by atoms with E-state index in [9.17, 15) is 5.11 Å². The molecule has 0 spiro atoms. The Bertz CT molecular complexity index is 573. The molecule has 2 atom stereocenters. The zero-order valence-corrected chi connectivity index (χ0v) is 16.8. The van der Waals surface area contributed by atoms with Gasteiger partial charge in [0.05, 0.1) is 5.60 Å². The van der Waals surface area contributed by atoms with E-state index in [0.717, 1.165) is 25.8 Å². The Morgan fingerprint density at radius 3 is 2.38 bits per heavy atom. The van der Waals surface area contributed by atoms with E-state index < -0.39 is 5.60 Å². The minimum atomic E-state index is -0.640. The molecule has 1 aromatic carbocycles. The highest BCUT2D eigenvalue weighted by Gasteiger charge is 2.42. The summed E-state index contributed by atoms with van der Waals surface area (Å²) in [7, 11) is 4.29. The minimum absolute atomic E-state index is 0.344. The van der Waals surface area contributed by atoms with Crippen LogP contribution in [0.1, 0.15) is 69.8 Å². The lowest BCUT2D eigenvalue weighted by Crippen LogP contribution is -2.45. The van der Waals surface area contributed by atoms with Crippen molar-refractivity contribution in [2.75, 3.05) is 20.6 Å². The number of hydrogen-bond acceptors (Lipinski definition) is 2. The summed E-state index contributed by atoms with van der Waals surface area (Å²) in [6.45, 7) is 0.981. The third-order valence-corrected chi connectivity index (χ3v) is 6.53. The van der Waals surface area contributed by atoms with Gasteiger partial charge in [-0.25, -0.2) is 0 Å². The summed E-state index contributed by atoms with van der Waals surface area (Å²) in [6, 6.07) is 10.6. The number of benzene rings is 1. The van der Waals surface area contributed by atoms with Gasteiger partial charge in [0.2, 0.25) is 0 Å². The van der Waals surface area contributed by atoms with Gasteiger partial charge in [0.25, 0.3) is 0 Å². The summed E-state index contributed by atoms with van der Waals surface area (Å²) in [4.78, 5) is 2.27. The van der Waals surface area contributed by atoms with Crippen molar-refractivity contribution in [1.82, 2.24) is 4.90 Å². The Hall–Kier alpha value is -1.12. The van der Waals surface area contributed by atoms with Crippen molar-refractivity contribution in [3.05, 3.63) is 41.5 Å². The summed E-state index contributed by atoms with van der Waals surface area (Å²) in [5.41, 5.74) is 1.88. The molecule has 1 aromatic rings. The van der Waals surface area contributed by atoms with Crippen LogP contribution in [0, 0.1) is 11.8 Å². The molecule has 3 rings (SSSR count). The van der Waals surface area contributed by atoms with Crippen molar-refractivity contribution in [2.45, 2.75) is 69.8 Å². The van der Waals surface area contributed by atoms with Gasteiger partial charge in [0.1, 0.15) is 0 Å².